The first-order valence-electron chi connectivity index (χ1n) is 6.72. The van der Waals surface area contributed by atoms with Crippen LogP contribution in [0.2, 0.25) is 0 Å². The fourth-order valence-electron chi connectivity index (χ4n) is 2.53. The van der Waals surface area contributed by atoms with Gasteiger partial charge in [-0.15, -0.1) is 0 Å². The average Bonchev–Trinajstić information content (AvgIpc) is 2.39. The zero-order chi connectivity index (χ0) is 14.9. The Morgan fingerprint density at radius 3 is 2.35 bits per heavy atom. The van der Waals surface area contributed by atoms with Crippen LogP contribution in [0.15, 0.2) is 24.3 Å². The first kappa shape index (κ1) is 15.0. The van der Waals surface area contributed by atoms with Crippen LogP contribution in [0.25, 0.3) is 0 Å². The molecule has 0 amide bonds. The van der Waals surface area contributed by atoms with Gasteiger partial charge in [-0.1, -0.05) is 19.1 Å². The summed E-state index contributed by atoms with van der Waals surface area (Å²) in [6.07, 6.45) is -3.77. The Morgan fingerprint density at radius 2 is 1.80 bits per heavy atom. The number of ketones is 1. The van der Waals surface area contributed by atoms with Gasteiger partial charge in [0.2, 0.25) is 0 Å². The summed E-state index contributed by atoms with van der Waals surface area (Å²) < 4.78 is 37.5. The number of benzene rings is 1. The molecule has 1 saturated heterocycles. The summed E-state index contributed by atoms with van der Waals surface area (Å²) >= 11 is 0. The van der Waals surface area contributed by atoms with Crippen LogP contribution in [-0.4, -0.2) is 23.3 Å². The molecule has 1 heterocycles. The molecule has 1 fully saturated rings. The number of hydrogen-bond donors (Lipinski definition) is 0. The van der Waals surface area contributed by atoms with Crippen LogP contribution < -0.4 is 0 Å². The predicted molar refractivity (Wildman–Crippen MR) is 70.1 cm³/mol. The highest BCUT2D eigenvalue weighted by Crippen LogP contribution is 2.29. The molecule has 0 bridgehead atoms. The summed E-state index contributed by atoms with van der Waals surface area (Å²) in [5.74, 6) is 0.249. The van der Waals surface area contributed by atoms with E-state index in [9.17, 15) is 18.0 Å². The summed E-state index contributed by atoms with van der Waals surface area (Å²) in [4.78, 5) is 13.8. The second-order valence-electron chi connectivity index (χ2n) is 5.41. The Kier molecular flexibility index (Phi) is 4.18. The van der Waals surface area contributed by atoms with Crippen LogP contribution in [0, 0.1) is 5.92 Å². The van der Waals surface area contributed by atoms with Crippen molar-refractivity contribution in [2.24, 2.45) is 5.92 Å². The van der Waals surface area contributed by atoms with Crippen molar-refractivity contribution in [1.82, 2.24) is 4.90 Å². The maximum Gasteiger partial charge on any atom is 0.416 e. The molecule has 0 saturated carbocycles. The number of piperidine rings is 1. The predicted octanol–water partition coefficient (Wildman–Crippen LogP) is 3.50. The van der Waals surface area contributed by atoms with Crippen LogP contribution in [0.4, 0.5) is 13.2 Å². The van der Waals surface area contributed by atoms with Crippen LogP contribution in [0.1, 0.15) is 31.4 Å². The lowest BCUT2D eigenvalue weighted by molar-refractivity contribution is -0.137. The van der Waals surface area contributed by atoms with E-state index >= 15 is 0 Å². The molecule has 0 spiro atoms. The van der Waals surface area contributed by atoms with Gasteiger partial charge in [-0.25, -0.2) is 0 Å². The van der Waals surface area contributed by atoms with Crippen molar-refractivity contribution >= 4 is 5.78 Å². The van der Waals surface area contributed by atoms with Gasteiger partial charge in [0.1, 0.15) is 5.78 Å². The molecule has 1 aromatic rings. The van der Waals surface area contributed by atoms with Crippen LogP contribution in [0.5, 0.6) is 0 Å². The molecule has 0 N–H and O–H groups in total. The summed E-state index contributed by atoms with van der Waals surface area (Å²) in [6.45, 7) is 5.15. The highest BCUT2D eigenvalue weighted by atomic mass is 19.4. The number of hydrogen-bond acceptors (Lipinski definition) is 2. The normalized spacial score (nSPS) is 24.9. The third kappa shape index (κ3) is 3.20. The number of halogens is 3. The van der Waals surface area contributed by atoms with Crippen molar-refractivity contribution in [2.45, 2.75) is 39.0 Å². The molecule has 2 atom stereocenters. The van der Waals surface area contributed by atoms with Crippen molar-refractivity contribution in [3.8, 4) is 0 Å². The van der Waals surface area contributed by atoms with Crippen molar-refractivity contribution in [1.29, 1.82) is 0 Å². The van der Waals surface area contributed by atoms with Gasteiger partial charge >= 0.3 is 6.18 Å². The second-order valence-corrected chi connectivity index (χ2v) is 5.41. The molecule has 0 radical (unpaired) electrons. The first-order valence-corrected chi connectivity index (χ1v) is 6.72. The zero-order valence-electron chi connectivity index (χ0n) is 11.6. The summed E-state index contributed by atoms with van der Waals surface area (Å²) in [6, 6.07) is 5.36. The van der Waals surface area contributed by atoms with Gasteiger partial charge < -0.3 is 0 Å². The molecule has 0 aliphatic carbocycles. The SMILES string of the molecule is CC1C(=O)CCN(Cc2ccc(C(F)(F)F)cc2)C1C. The lowest BCUT2D eigenvalue weighted by atomic mass is 9.90. The highest BCUT2D eigenvalue weighted by Gasteiger charge is 2.32. The second kappa shape index (κ2) is 5.56. The first-order chi connectivity index (χ1) is 9.29. The number of carbonyl (C=O) groups excluding carboxylic acids is 1. The van der Waals surface area contributed by atoms with Gasteiger partial charge in [0.15, 0.2) is 0 Å². The molecule has 1 aliphatic rings. The summed E-state index contributed by atoms with van der Waals surface area (Å²) in [5, 5.41) is 0. The van der Waals surface area contributed by atoms with Crippen LogP contribution in [0.3, 0.4) is 0 Å². The summed E-state index contributed by atoms with van der Waals surface area (Å²) in [5.41, 5.74) is 0.211. The van der Waals surface area contributed by atoms with E-state index in [1.807, 2.05) is 13.8 Å². The molecule has 5 heteroatoms. The van der Waals surface area contributed by atoms with Crippen molar-refractivity contribution in [3.05, 3.63) is 35.4 Å². The quantitative estimate of drug-likeness (QED) is 0.829. The Bertz CT molecular complexity index is 481. The van der Waals surface area contributed by atoms with E-state index in [-0.39, 0.29) is 17.7 Å². The fraction of sp³-hybridized carbons (Fsp3) is 0.533. The van der Waals surface area contributed by atoms with Crippen molar-refractivity contribution < 1.29 is 18.0 Å². The zero-order valence-corrected chi connectivity index (χ0v) is 11.6. The Hall–Kier alpha value is -1.36. The number of nitrogens with zero attached hydrogens (tertiary/aromatic N) is 1. The molecule has 2 unspecified atom stereocenters. The van der Waals surface area contributed by atoms with E-state index in [2.05, 4.69) is 4.90 Å². The topological polar surface area (TPSA) is 20.3 Å². The van der Waals surface area contributed by atoms with E-state index in [1.54, 1.807) is 0 Å². The highest BCUT2D eigenvalue weighted by molar-refractivity contribution is 5.82. The molecule has 2 rings (SSSR count). The standard InChI is InChI=1S/C15H18F3NO/c1-10-11(2)19(8-7-14(10)20)9-12-3-5-13(6-4-12)15(16,17)18/h3-6,10-11H,7-9H2,1-2H3. The molecule has 20 heavy (non-hydrogen) atoms. The maximum atomic E-state index is 12.5. The fourth-order valence-corrected chi connectivity index (χ4v) is 2.53. The number of alkyl halides is 3. The third-order valence-electron chi connectivity index (χ3n) is 4.12. The van der Waals surface area contributed by atoms with Gasteiger partial charge in [0, 0.05) is 31.5 Å². The lowest BCUT2D eigenvalue weighted by Crippen LogP contribution is -2.46. The molecular weight excluding hydrogens is 267 g/mol. The Labute approximate surface area is 116 Å². The van der Waals surface area contributed by atoms with Crippen molar-refractivity contribution in [3.63, 3.8) is 0 Å². The maximum absolute atomic E-state index is 12.5. The smallest absolute Gasteiger partial charge is 0.299 e. The largest absolute Gasteiger partial charge is 0.416 e. The van der Waals surface area contributed by atoms with E-state index in [4.69, 9.17) is 0 Å². The molecule has 1 aromatic carbocycles. The van der Waals surface area contributed by atoms with E-state index in [0.29, 0.717) is 19.5 Å². The van der Waals surface area contributed by atoms with E-state index in [1.165, 1.54) is 12.1 Å². The van der Waals surface area contributed by atoms with Gasteiger partial charge in [-0.2, -0.15) is 13.2 Å². The van der Waals surface area contributed by atoms with Gasteiger partial charge in [0.05, 0.1) is 5.56 Å². The van der Waals surface area contributed by atoms with Crippen LogP contribution >= 0.6 is 0 Å². The average molecular weight is 285 g/mol. The summed E-state index contributed by atoms with van der Waals surface area (Å²) in [7, 11) is 0. The van der Waals surface area contributed by atoms with Gasteiger partial charge in [-0.3, -0.25) is 9.69 Å². The number of Topliss-reactive ketones (excluding diaryl/α,β-unsaturated/α-hetero) is 1. The van der Waals surface area contributed by atoms with E-state index < -0.39 is 11.7 Å². The Balaban J connectivity index is 2.05. The molecule has 2 nitrogen and oxygen atoms in total. The number of rotatable bonds is 2. The van der Waals surface area contributed by atoms with Gasteiger partial charge in [-0.05, 0) is 24.6 Å². The minimum absolute atomic E-state index is 0.0156. The molecule has 1 aliphatic heterocycles. The van der Waals surface area contributed by atoms with Gasteiger partial charge in [0.25, 0.3) is 0 Å². The van der Waals surface area contributed by atoms with E-state index in [0.717, 1.165) is 17.7 Å². The number of carbonyl (C=O) groups is 1. The molecule has 110 valence electrons. The Morgan fingerprint density at radius 1 is 1.20 bits per heavy atom. The minimum Gasteiger partial charge on any atom is -0.299 e. The minimum atomic E-state index is -4.29. The third-order valence-corrected chi connectivity index (χ3v) is 4.12. The monoisotopic (exact) mass is 285 g/mol. The molecular formula is C15H18F3NO. The van der Waals surface area contributed by atoms with Crippen LogP contribution in [-0.2, 0) is 17.5 Å². The molecule has 0 aromatic heterocycles. The number of likely N-dealkylation sites (tertiary alicyclic amines) is 1. The van der Waals surface area contributed by atoms with Crippen molar-refractivity contribution in [2.75, 3.05) is 6.54 Å². The lowest BCUT2D eigenvalue weighted by Gasteiger charge is -2.37.